The van der Waals surface area contributed by atoms with Crippen LogP contribution in [0.25, 0.3) is 11.4 Å². The highest BCUT2D eigenvalue weighted by molar-refractivity contribution is 6.30. The van der Waals surface area contributed by atoms with Crippen LogP contribution in [-0.4, -0.2) is 52.0 Å². The minimum Gasteiger partial charge on any atom is -0.352 e. The molecule has 196 valence electrons. The van der Waals surface area contributed by atoms with Crippen LogP contribution in [0.4, 0.5) is 0 Å². The van der Waals surface area contributed by atoms with Gasteiger partial charge in [-0.1, -0.05) is 60.1 Å². The Hall–Kier alpha value is -2.74. The van der Waals surface area contributed by atoms with Crippen LogP contribution in [0.1, 0.15) is 49.6 Å². The molecule has 0 unspecified atom stereocenters. The molecular formula is C29H36ClN5O2. The molecule has 0 radical (unpaired) electrons. The van der Waals surface area contributed by atoms with Crippen molar-refractivity contribution in [3.63, 3.8) is 0 Å². The SMILES string of the molecule is CC1CCN(Cc2cccc(CNC(=O)C3CCN(Cc4nc(-c5cccc(Cl)c5)no4)CC3)c2)CC1. The van der Waals surface area contributed by atoms with Crippen molar-refractivity contribution in [1.29, 1.82) is 0 Å². The zero-order chi connectivity index (χ0) is 25.6. The summed E-state index contributed by atoms with van der Waals surface area (Å²) < 4.78 is 5.46. The third kappa shape index (κ3) is 7.18. The van der Waals surface area contributed by atoms with Gasteiger partial charge in [0.15, 0.2) is 0 Å². The van der Waals surface area contributed by atoms with Crippen molar-refractivity contribution < 1.29 is 9.32 Å². The zero-order valence-corrected chi connectivity index (χ0v) is 22.3. The molecule has 1 N–H and O–H groups in total. The van der Waals surface area contributed by atoms with Crippen molar-refractivity contribution in [2.75, 3.05) is 26.2 Å². The summed E-state index contributed by atoms with van der Waals surface area (Å²) in [5.74, 6) is 2.16. The normalized spacial score (nSPS) is 18.2. The van der Waals surface area contributed by atoms with E-state index >= 15 is 0 Å². The Morgan fingerprint density at radius 2 is 1.68 bits per heavy atom. The number of aromatic nitrogens is 2. The molecule has 8 heteroatoms. The third-order valence-electron chi connectivity index (χ3n) is 7.61. The molecule has 2 aliphatic rings. The number of hydrogen-bond acceptors (Lipinski definition) is 6. The summed E-state index contributed by atoms with van der Waals surface area (Å²) in [6.45, 7) is 8.52. The Labute approximate surface area is 224 Å². The lowest BCUT2D eigenvalue weighted by atomic mass is 9.95. The van der Waals surface area contributed by atoms with Gasteiger partial charge in [0.25, 0.3) is 0 Å². The predicted molar refractivity (Wildman–Crippen MR) is 145 cm³/mol. The van der Waals surface area contributed by atoms with Gasteiger partial charge < -0.3 is 9.84 Å². The number of nitrogens with zero attached hydrogens (tertiary/aromatic N) is 4. The zero-order valence-electron chi connectivity index (χ0n) is 21.5. The summed E-state index contributed by atoms with van der Waals surface area (Å²) in [6, 6.07) is 16.1. The lowest BCUT2D eigenvalue weighted by Gasteiger charge is -2.30. The monoisotopic (exact) mass is 521 g/mol. The second kappa shape index (κ2) is 12.2. The van der Waals surface area contributed by atoms with E-state index in [1.165, 1.54) is 37.1 Å². The van der Waals surface area contributed by atoms with Crippen molar-refractivity contribution in [1.82, 2.24) is 25.3 Å². The Morgan fingerprint density at radius 1 is 0.973 bits per heavy atom. The fourth-order valence-electron chi connectivity index (χ4n) is 5.26. The Balaban J connectivity index is 1.05. The van der Waals surface area contributed by atoms with E-state index in [1.54, 1.807) is 0 Å². The average Bonchev–Trinajstić information content (AvgIpc) is 3.38. The van der Waals surface area contributed by atoms with Gasteiger partial charge in [-0.05, 0) is 81.0 Å². The van der Waals surface area contributed by atoms with Crippen LogP contribution in [0, 0.1) is 11.8 Å². The maximum Gasteiger partial charge on any atom is 0.241 e. The molecule has 0 aliphatic carbocycles. The second-order valence-electron chi connectivity index (χ2n) is 10.6. The first-order chi connectivity index (χ1) is 18.0. The highest BCUT2D eigenvalue weighted by atomic mass is 35.5. The van der Waals surface area contributed by atoms with E-state index in [-0.39, 0.29) is 11.8 Å². The molecule has 2 aromatic carbocycles. The number of benzene rings is 2. The molecule has 3 heterocycles. The number of halogens is 1. The Morgan fingerprint density at radius 3 is 2.46 bits per heavy atom. The summed E-state index contributed by atoms with van der Waals surface area (Å²) in [5.41, 5.74) is 3.33. The largest absolute Gasteiger partial charge is 0.352 e. The summed E-state index contributed by atoms with van der Waals surface area (Å²) in [7, 11) is 0. The summed E-state index contributed by atoms with van der Waals surface area (Å²) in [4.78, 5) is 22.2. The molecule has 1 aromatic heterocycles. The first kappa shape index (κ1) is 25.9. The number of likely N-dealkylation sites (tertiary alicyclic amines) is 2. The van der Waals surface area contributed by atoms with Gasteiger partial charge in [0.2, 0.25) is 17.6 Å². The van der Waals surface area contributed by atoms with Crippen LogP contribution in [0.3, 0.4) is 0 Å². The Kier molecular flexibility index (Phi) is 8.54. The Bertz CT molecular complexity index is 1180. The van der Waals surface area contributed by atoms with Gasteiger partial charge in [0.1, 0.15) is 0 Å². The molecule has 0 spiro atoms. The molecule has 0 bridgehead atoms. The number of nitrogens with one attached hydrogen (secondary N) is 1. The van der Waals surface area contributed by atoms with Crippen molar-refractivity contribution in [2.24, 2.45) is 11.8 Å². The van der Waals surface area contributed by atoms with Crippen molar-refractivity contribution in [3.8, 4) is 11.4 Å². The molecule has 0 atom stereocenters. The number of rotatable bonds is 8. The predicted octanol–water partition coefficient (Wildman–Crippen LogP) is 5.15. The number of carbonyl (C=O) groups is 1. The topological polar surface area (TPSA) is 74.5 Å². The van der Waals surface area contributed by atoms with Gasteiger partial charge in [-0.2, -0.15) is 4.98 Å². The van der Waals surface area contributed by atoms with Gasteiger partial charge in [-0.15, -0.1) is 0 Å². The maximum atomic E-state index is 12.9. The van der Waals surface area contributed by atoms with Crippen LogP contribution < -0.4 is 5.32 Å². The minimum absolute atomic E-state index is 0.0412. The minimum atomic E-state index is 0.0412. The molecule has 5 rings (SSSR count). The molecule has 0 saturated carbocycles. The van der Waals surface area contributed by atoms with Crippen LogP contribution in [0.5, 0.6) is 0 Å². The van der Waals surface area contributed by atoms with Gasteiger partial charge in [0, 0.05) is 29.6 Å². The van der Waals surface area contributed by atoms with Gasteiger partial charge in [0.05, 0.1) is 6.54 Å². The fraction of sp³-hybridized carbons (Fsp3) is 0.483. The van der Waals surface area contributed by atoms with Crippen LogP contribution in [0.2, 0.25) is 5.02 Å². The summed E-state index contributed by atoms with van der Waals surface area (Å²) >= 11 is 6.07. The van der Waals surface area contributed by atoms with E-state index in [2.05, 4.69) is 56.4 Å². The van der Waals surface area contributed by atoms with E-state index in [1.807, 2.05) is 24.3 Å². The molecule has 7 nitrogen and oxygen atoms in total. The van der Waals surface area contributed by atoms with E-state index in [4.69, 9.17) is 16.1 Å². The standard InChI is InChI=1S/C29H36ClN5O2/c1-21-8-12-34(13-9-21)19-23-5-2-4-22(16-23)18-31-29(36)24-10-14-35(15-11-24)20-27-32-28(33-37-27)25-6-3-7-26(30)17-25/h2-7,16-17,21,24H,8-15,18-20H2,1H3,(H,31,36). The lowest BCUT2D eigenvalue weighted by molar-refractivity contribution is -0.126. The molecular weight excluding hydrogens is 486 g/mol. The lowest BCUT2D eigenvalue weighted by Crippen LogP contribution is -2.40. The first-order valence-electron chi connectivity index (χ1n) is 13.4. The summed E-state index contributed by atoms with van der Waals surface area (Å²) in [6.07, 6.45) is 4.23. The van der Waals surface area contributed by atoms with Gasteiger partial charge in [-0.25, -0.2) is 0 Å². The molecule has 2 fully saturated rings. The van der Waals surface area contributed by atoms with Crippen molar-refractivity contribution in [2.45, 2.75) is 52.2 Å². The maximum absolute atomic E-state index is 12.9. The molecule has 37 heavy (non-hydrogen) atoms. The van der Waals surface area contributed by atoms with E-state index in [0.717, 1.165) is 44.0 Å². The van der Waals surface area contributed by atoms with E-state index < -0.39 is 0 Å². The van der Waals surface area contributed by atoms with E-state index in [9.17, 15) is 4.79 Å². The van der Waals surface area contributed by atoms with Gasteiger partial charge >= 0.3 is 0 Å². The number of amides is 1. The summed E-state index contributed by atoms with van der Waals surface area (Å²) in [5, 5.41) is 7.91. The van der Waals surface area contributed by atoms with Crippen molar-refractivity contribution in [3.05, 3.63) is 70.6 Å². The smallest absolute Gasteiger partial charge is 0.241 e. The van der Waals surface area contributed by atoms with Gasteiger partial charge in [-0.3, -0.25) is 14.6 Å². The second-order valence-corrected chi connectivity index (χ2v) is 11.0. The molecule has 1 amide bonds. The van der Waals surface area contributed by atoms with Crippen LogP contribution in [-0.2, 0) is 24.4 Å². The fourth-order valence-corrected chi connectivity index (χ4v) is 5.45. The van der Waals surface area contributed by atoms with Crippen LogP contribution >= 0.6 is 11.6 Å². The quantitative estimate of drug-likeness (QED) is 0.442. The number of carbonyl (C=O) groups excluding carboxylic acids is 1. The molecule has 3 aromatic rings. The first-order valence-corrected chi connectivity index (χ1v) is 13.8. The molecule has 2 saturated heterocycles. The molecule has 2 aliphatic heterocycles. The third-order valence-corrected chi connectivity index (χ3v) is 7.84. The highest BCUT2D eigenvalue weighted by Gasteiger charge is 2.26. The van der Waals surface area contributed by atoms with Crippen LogP contribution in [0.15, 0.2) is 53.1 Å². The highest BCUT2D eigenvalue weighted by Crippen LogP contribution is 2.23. The number of hydrogen-bond donors (Lipinski definition) is 1. The van der Waals surface area contributed by atoms with Crippen molar-refractivity contribution >= 4 is 17.5 Å². The van der Waals surface area contributed by atoms with E-state index in [0.29, 0.717) is 29.8 Å². The number of piperidine rings is 2. The average molecular weight is 522 g/mol.